The zero-order valence-electron chi connectivity index (χ0n) is 8.79. The minimum atomic E-state index is -1.15. The second-order valence-corrected chi connectivity index (χ2v) is 4.00. The Morgan fingerprint density at radius 2 is 1.57 bits per heavy atom. The molecule has 0 aromatic heterocycles. The van der Waals surface area contributed by atoms with Gasteiger partial charge in [0.25, 0.3) is 5.79 Å². The SMILES string of the molecule is CC(C)C=C1C(=O)OC(C)(C)OC1=O. The van der Waals surface area contributed by atoms with E-state index in [0.29, 0.717) is 0 Å². The van der Waals surface area contributed by atoms with E-state index in [0.717, 1.165) is 0 Å². The summed E-state index contributed by atoms with van der Waals surface area (Å²) in [4.78, 5) is 22.7. The monoisotopic (exact) mass is 198 g/mol. The quantitative estimate of drug-likeness (QED) is 0.363. The standard InChI is InChI=1S/C10H14O4/c1-6(2)5-7-8(11)13-10(3,4)14-9(7)12/h5-6H,1-4H3. The number of cyclic esters (lactones) is 2. The van der Waals surface area contributed by atoms with Gasteiger partial charge >= 0.3 is 11.9 Å². The highest BCUT2D eigenvalue weighted by Crippen LogP contribution is 2.23. The van der Waals surface area contributed by atoms with E-state index in [-0.39, 0.29) is 11.5 Å². The smallest absolute Gasteiger partial charge is 0.348 e. The molecular weight excluding hydrogens is 184 g/mol. The van der Waals surface area contributed by atoms with Crippen LogP contribution in [0.5, 0.6) is 0 Å². The number of esters is 2. The van der Waals surface area contributed by atoms with E-state index in [4.69, 9.17) is 9.47 Å². The normalized spacial score (nSPS) is 20.5. The molecule has 1 heterocycles. The Labute approximate surface area is 82.9 Å². The van der Waals surface area contributed by atoms with Crippen molar-refractivity contribution >= 4 is 11.9 Å². The van der Waals surface area contributed by atoms with Crippen molar-refractivity contribution in [1.29, 1.82) is 0 Å². The van der Waals surface area contributed by atoms with Gasteiger partial charge in [-0.1, -0.05) is 19.9 Å². The molecule has 1 rings (SSSR count). The lowest BCUT2D eigenvalue weighted by molar-refractivity contribution is -0.222. The number of hydrogen-bond acceptors (Lipinski definition) is 4. The second kappa shape index (κ2) is 3.44. The zero-order chi connectivity index (χ0) is 10.9. The lowest BCUT2D eigenvalue weighted by Gasteiger charge is -2.30. The molecule has 14 heavy (non-hydrogen) atoms. The Kier molecular flexibility index (Phi) is 2.64. The molecule has 0 spiro atoms. The van der Waals surface area contributed by atoms with Gasteiger partial charge in [-0.15, -0.1) is 0 Å². The van der Waals surface area contributed by atoms with Crippen molar-refractivity contribution in [3.05, 3.63) is 11.6 Å². The van der Waals surface area contributed by atoms with Gasteiger partial charge in [0.1, 0.15) is 5.57 Å². The van der Waals surface area contributed by atoms with Crippen molar-refractivity contribution in [2.45, 2.75) is 33.5 Å². The van der Waals surface area contributed by atoms with Crippen LogP contribution in [0.1, 0.15) is 27.7 Å². The first kappa shape index (κ1) is 10.8. The van der Waals surface area contributed by atoms with Crippen molar-refractivity contribution in [3.8, 4) is 0 Å². The first-order valence-electron chi connectivity index (χ1n) is 4.50. The second-order valence-electron chi connectivity index (χ2n) is 4.00. The number of rotatable bonds is 1. The number of carbonyl (C=O) groups excluding carboxylic acids is 2. The van der Waals surface area contributed by atoms with Crippen LogP contribution in [0, 0.1) is 5.92 Å². The highest BCUT2D eigenvalue weighted by atomic mass is 16.7. The summed E-state index contributed by atoms with van der Waals surface area (Å²) in [6.45, 7) is 6.78. The van der Waals surface area contributed by atoms with E-state index < -0.39 is 17.7 Å². The average Bonchev–Trinajstić information content (AvgIpc) is 1.94. The maximum atomic E-state index is 11.4. The third kappa shape index (κ3) is 2.34. The summed E-state index contributed by atoms with van der Waals surface area (Å²) in [5, 5.41) is 0. The third-order valence-corrected chi connectivity index (χ3v) is 1.62. The summed E-state index contributed by atoms with van der Waals surface area (Å²) in [7, 11) is 0. The summed E-state index contributed by atoms with van der Waals surface area (Å²) in [5.41, 5.74) is -0.0145. The number of hydrogen-bond donors (Lipinski definition) is 0. The van der Waals surface area contributed by atoms with E-state index in [1.807, 2.05) is 13.8 Å². The summed E-state index contributed by atoms with van der Waals surface area (Å²) in [6, 6.07) is 0. The molecule has 0 unspecified atom stereocenters. The van der Waals surface area contributed by atoms with Gasteiger partial charge in [0, 0.05) is 13.8 Å². The molecule has 1 aliphatic rings. The van der Waals surface area contributed by atoms with Crippen LogP contribution in [0.3, 0.4) is 0 Å². The van der Waals surface area contributed by atoms with Gasteiger partial charge in [-0.3, -0.25) is 0 Å². The minimum Gasteiger partial charge on any atom is -0.419 e. The van der Waals surface area contributed by atoms with Crippen molar-refractivity contribution in [2.75, 3.05) is 0 Å². The number of allylic oxidation sites excluding steroid dienone is 1. The van der Waals surface area contributed by atoms with Gasteiger partial charge in [0.15, 0.2) is 0 Å². The number of carbonyl (C=O) groups is 2. The molecular formula is C10H14O4. The topological polar surface area (TPSA) is 52.6 Å². The predicted octanol–water partition coefficient (Wildman–Crippen LogP) is 1.40. The zero-order valence-corrected chi connectivity index (χ0v) is 8.79. The predicted molar refractivity (Wildman–Crippen MR) is 49.2 cm³/mol. The maximum Gasteiger partial charge on any atom is 0.348 e. The highest BCUT2D eigenvalue weighted by molar-refractivity contribution is 6.15. The Bertz CT molecular complexity index is 277. The summed E-state index contributed by atoms with van der Waals surface area (Å²) in [5.74, 6) is -2.27. The molecule has 0 bridgehead atoms. The van der Waals surface area contributed by atoms with Gasteiger partial charge in [-0.2, -0.15) is 0 Å². The first-order valence-corrected chi connectivity index (χ1v) is 4.50. The molecule has 78 valence electrons. The van der Waals surface area contributed by atoms with Gasteiger partial charge in [-0.05, 0) is 5.92 Å². The van der Waals surface area contributed by atoms with Crippen LogP contribution in [0.15, 0.2) is 11.6 Å². The molecule has 0 saturated carbocycles. The fourth-order valence-corrected chi connectivity index (χ4v) is 1.13. The van der Waals surface area contributed by atoms with Crippen LogP contribution in [-0.4, -0.2) is 17.7 Å². The van der Waals surface area contributed by atoms with Crippen LogP contribution in [-0.2, 0) is 19.1 Å². The van der Waals surface area contributed by atoms with Gasteiger partial charge in [0.2, 0.25) is 0 Å². The van der Waals surface area contributed by atoms with Crippen molar-refractivity contribution in [1.82, 2.24) is 0 Å². The van der Waals surface area contributed by atoms with E-state index >= 15 is 0 Å². The van der Waals surface area contributed by atoms with Gasteiger partial charge in [0.05, 0.1) is 0 Å². The highest BCUT2D eigenvalue weighted by Gasteiger charge is 2.38. The molecule has 0 N–H and O–H groups in total. The largest absolute Gasteiger partial charge is 0.419 e. The van der Waals surface area contributed by atoms with Gasteiger partial charge in [-0.25, -0.2) is 9.59 Å². The molecule has 1 aliphatic heterocycles. The van der Waals surface area contributed by atoms with E-state index in [1.54, 1.807) is 6.08 Å². The summed E-state index contributed by atoms with van der Waals surface area (Å²) < 4.78 is 9.81. The van der Waals surface area contributed by atoms with E-state index in [9.17, 15) is 9.59 Å². The summed E-state index contributed by atoms with van der Waals surface area (Å²) >= 11 is 0. The van der Waals surface area contributed by atoms with Crippen molar-refractivity contribution in [3.63, 3.8) is 0 Å². The fourth-order valence-electron chi connectivity index (χ4n) is 1.13. The van der Waals surface area contributed by atoms with E-state index in [2.05, 4.69) is 0 Å². The van der Waals surface area contributed by atoms with Crippen LogP contribution < -0.4 is 0 Å². The molecule has 1 fully saturated rings. The first-order chi connectivity index (χ1) is 6.32. The van der Waals surface area contributed by atoms with Gasteiger partial charge < -0.3 is 9.47 Å². The Morgan fingerprint density at radius 1 is 1.14 bits per heavy atom. The van der Waals surface area contributed by atoms with E-state index in [1.165, 1.54) is 13.8 Å². The Balaban J connectivity index is 2.92. The molecule has 0 radical (unpaired) electrons. The van der Waals surface area contributed by atoms with Crippen LogP contribution in [0.2, 0.25) is 0 Å². The van der Waals surface area contributed by atoms with Crippen LogP contribution >= 0.6 is 0 Å². The Hall–Kier alpha value is -1.32. The minimum absolute atomic E-state index is 0.0145. The lowest BCUT2D eigenvalue weighted by atomic mass is 10.1. The maximum absolute atomic E-state index is 11.4. The van der Waals surface area contributed by atoms with Crippen molar-refractivity contribution in [2.24, 2.45) is 5.92 Å². The molecule has 1 saturated heterocycles. The third-order valence-electron chi connectivity index (χ3n) is 1.62. The fraction of sp³-hybridized carbons (Fsp3) is 0.600. The lowest BCUT2D eigenvalue weighted by Crippen LogP contribution is -2.41. The molecule has 0 atom stereocenters. The molecule has 0 amide bonds. The molecule has 0 aromatic carbocycles. The molecule has 0 aliphatic carbocycles. The molecule has 4 heteroatoms. The van der Waals surface area contributed by atoms with Crippen LogP contribution in [0.25, 0.3) is 0 Å². The number of ether oxygens (including phenoxy) is 2. The van der Waals surface area contributed by atoms with Crippen molar-refractivity contribution < 1.29 is 19.1 Å². The summed E-state index contributed by atoms with van der Waals surface area (Å²) in [6.07, 6.45) is 1.54. The van der Waals surface area contributed by atoms with Crippen LogP contribution in [0.4, 0.5) is 0 Å². The average molecular weight is 198 g/mol. The Morgan fingerprint density at radius 3 is 1.93 bits per heavy atom. The molecule has 0 aromatic rings. The molecule has 4 nitrogen and oxygen atoms in total.